The van der Waals surface area contributed by atoms with Crippen molar-refractivity contribution < 1.29 is 22.7 Å². The summed E-state index contributed by atoms with van der Waals surface area (Å²) in [5.74, 6) is 0.416. The molecule has 2 aliphatic rings. The second kappa shape index (κ2) is 7.53. The predicted molar refractivity (Wildman–Crippen MR) is 109 cm³/mol. The van der Waals surface area contributed by atoms with Gasteiger partial charge in [0.05, 0.1) is 4.90 Å². The van der Waals surface area contributed by atoms with Crippen LogP contribution in [0.5, 0.6) is 11.5 Å². The van der Waals surface area contributed by atoms with E-state index in [9.17, 15) is 13.2 Å². The van der Waals surface area contributed by atoms with Crippen molar-refractivity contribution in [3.05, 3.63) is 60.7 Å². The molecule has 0 radical (unpaired) electrons. The van der Waals surface area contributed by atoms with E-state index >= 15 is 0 Å². The van der Waals surface area contributed by atoms with Crippen molar-refractivity contribution in [1.82, 2.24) is 4.72 Å². The molecule has 2 aromatic rings. The van der Waals surface area contributed by atoms with Gasteiger partial charge in [0.1, 0.15) is 0 Å². The van der Waals surface area contributed by atoms with Gasteiger partial charge >= 0.3 is 0 Å². The van der Waals surface area contributed by atoms with Gasteiger partial charge in [0.15, 0.2) is 11.5 Å². The first-order valence-corrected chi connectivity index (χ1v) is 10.9. The van der Waals surface area contributed by atoms with E-state index in [0.717, 1.165) is 25.7 Å². The molecule has 29 heavy (non-hydrogen) atoms. The fourth-order valence-electron chi connectivity index (χ4n) is 3.53. The first-order chi connectivity index (χ1) is 13.9. The van der Waals surface area contributed by atoms with Gasteiger partial charge in [-0.1, -0.05) is 6.08 Å². The smallest absolute Gasteiger partial charge is 0.255 e. The number of carbonyl (C=O) groups is 1. The lowest BCUT2D eigenvalue weighted by Gasteiger charge is -2.21. The highest BCUT2D eigenvalue weighted by Crippen LogP contribution is 2.47. The monoisotopic (exact) mass is 414 g/mol. The summed E-state index contributed by atoms with van der Waals surface area (Å²) in [4.78, 5) is 12.6. The zero-order valence-corrected chi connectivity index (χ0v) is 16.6. The molecule has 2 N–H and O–H groups in total. The number of amides is 1. The molecule has 0 bridgehead atoms. The topological polar surface area (TPSA) is 93.7 Å². The van der Waals surface area contributed by atoms with Gasteiger partial charge in [-0.3, -0.25) is 4.79 Å². The van der Waals surface area contributed by atoms with Crippen molar-refractivity contribution in [3.8, 4) is 11.5 Å². The summed E-state index contributed by atoms with van der Waals surface area (Å²) in [6.45, 7) is 3.62. The average Bonchev–Trinajstić information content (AvgIpc) is 3.32. The largest absolute Gasteiger partial charge is 0.448 e. The molecule has 0 atom stereocenters. The first kappa shape index (κ1) is 19.5. The van der Waals surface area contributed by atoms with Crippen molar-refractivity contribution in [2.45, 2.75) is 36.4 Å². The zero-order valence-electron chi connectivity index (χ0n) is 15.8. The van der Waals surface area contributed by atoms with Gasteiger partial charge in [-0.05, 0) is 49.2 Å². The van der Waals surface area contributed by atoms with Gasteiger partial charge in [0.2, 0.25) is 10.0 Å². The van der Waals surface area contributed by atoms with Gasteiger partial charge in [-0.15, -0.1) is 6.58 Å². The number of nitrogens with one attached hydrogen (secondary N) is 2. The van der Waals surface area contributed by atoms with Crippen LogP contribution in [0.25, 0.3) is 0 Å². The number of rotatable bonds is 6. The molecule has 1 spiro atoms. The quantitative estimate of drug-likeness (QED) is 0.706. The normalized spacial score (nSPS) is 16.7. The number of carbonyl (C=O) groups excluding carboxylic acids is 1. The van der Waals surface area contributed by atoms with Gasteiger partial charge in [-0.25, -0.2) is 13.1 Å². The summed E-state index contributed by atoms with van der Waals surface area (Å²) in [5.41, 5.74) is 0.925. The molecular weight excluding hydrogens is 392 g/mol. The van der Waals surface area contributed by atoms with E-state index < -0.39 is 15.8 Å². The molecule has 1 fully saturated rings. The molecular formula is C21H22N2O5S. The lowest BCUT2D eigenvalue weighted by Crippen LogP contribution is -2.34. The molecule has 1 aliphatic carbocycles. The minimum atomic E-state index is -3.63. The van der Waals surface area contributed by atoms with Crippen molar-refractivity contribution in [2.24, 2.45) is 0 Å². The van der Waals surface area contributed by atoms with Gasteiger partial charge < -0.3 is 14.8 Å². The first-order valence-electron chi connectivity index (χ1n) is 9.45. The summed E-state index contributed by atoms with van der Waals surface area (Å²) in [5, 5.41) is 2.81. The van der Waals surface area contributed by atoms with Crippen LogP contribution in [0.2, 0.25) is 0 Å². The van der Waals surface area contributed by atoms with E-state index in [-0.39, 0.29) is 17.3 Å². The van der Waals surface area contributed by atoms with Crippen molar-refractivity contribution in [3.63, 3.8) is 0 Å². The minimum Gasteiger partial charge on any atom is -0.448 e. The lowest BCUT2D eigenvalue weighted by atomic mass is 10.2. The fraction of sp³-hybridized carbons (Fsp3) is 0.286. The van der Waals surface area contributed by atoms with Crippen LogP contribution >= 0.6 is 0 Å². The molecule has 8 heteroatoms. The van der Waals surface area contributed by atoms with Crippen LogP contribution in [-0.2, 0) is 10.0 Å². The third kappa shape index (κ3) is 3.99. The molecule has 4 rings (SSSR count). The highest BCUT2D eigenvalue weighted by atomic mass is 32.2. The third-order valence-corrected chi connectivity index (χ3v) is 6.44. The Bertz CT molecular complexity index is 1040. The Morgan fingerprint density at radius 2 is 1.76 bits per heavy atom. The van der Waals surface area contributed by atoms with Crippen LogP contribution < -0.4 is 19.5 Å². The van der Waals surface area contributed by atoms with Gasteiger partial charge in [0, 0.05) is 36.7 Å². The maximum Gasteiger partial charge on any atom is 0.255 e. The molecule has 0 unspecified atom stereocenters. The SMILES string of the molecule is C=CCNS(=O)(=O)c1ccc(C(=O)Nc2ccc3c(c2)OC2(CCCC2)O3)cc1. The third-order valence-electron chi connectivity index (χ3n) is 5.00. The average molecular weight is 414 g/mol. The minimum absolute atomic E-state index is 0.0841. The van der Waals surface area contributed by atoms with E-state index in [1.54, 1.807) is 18.2 Å². The Morgan fingerprint density at radius 1 is 1.07 bits per heavy atom. The van der Waals surface area contributed by atoms with Crippen LogP contribution in [0.1, 0.15) is 36.0 Å². The molecule has 0 saturated heterocycles. The predicted octanol–water partition coefficient (Wildman–Crippen LogP) is 3.44. The maximum absolute atomic E-state index is 12.5. The summed E-state index contributed by atoms with van der Waals surface area (Å²) >= 11 is 0. The number of hydrogen-bond donors (Lipinski definition) is 2. The van der Waals surface area contributed by atoms with E-state index in [2.05, 4.69) is 16.6 Å². The summed E-state index contributed by atoms with van der Waals surface area (Å²) in [7, 11) is -3.63. The zero-order chi connectivity index (χ0) is 20.5. The molecule has 2 aromatic carbocycles. The molecule has 152 valence electrons. The molecule has 1 heterocycles. The number of fused-ring (bicyclic) bond motifs is 1. The Hall–Kier alpha value is -2.84. The second-order valence-corrected chi connectivity index (χ2v) is 8.87. The number of sulfonamides is 1. The Balaban J connectivity index is 1.45. The maximum atomic E-state index is 12.5. The van der Waals surface area contributed by atoms with Crippen molar-refractivity contribution in [1.29, 1.82) is 0 Å². The standard InChI is InChI=1S/C21H22N2O5S/c1-2-13-22-29(25,26)17-8-5-15(6-9-17)20(24)23-16-7-10-18-19(14-16)28-21(27-18)11-3-4-12-21/h2,5-10,14,22H,1,3-4,11-13H2,(H,23,24). The molecule has 1 aliphatic heterocycles. The highest BCUT2D eigenvalue weighted by molar-refractivity contribution is 7.89. The number of ether oxygens (including phenoxy) is 2. The van der Waals surface area contributed by atoms with E-state index in [1.807, 2.05) is 0 Å². The van der Waals surface area contributed by atoms with Gasteiger partial charge in [-0.2, -0.15) is 0 Å². The van der Waals surface area contributed by atoms with E-state index in [1.165, 1.54) is 30.3 Å². The number of benzene rings is 2. The Kier molecular flexibility index (Phi) is 5.06. The highest BCUT2D eigenvalue weighted by Gasteiger charge is 2.44. The van der Waals surface area contributed by atoms with Crippen LogP contribution in [0.4, 0.5) is 5.69 Å². The summed E-state index contributed by atoms with van der Waals surface area (Å²) in [6, 6.07) is 11.0. The Labute approximate surface area is 169 Å². The lowest BCUT2D eigenvalue weighted by molar-refractivity contribution is -0.0716. The van der Waals surface area contributed by atoms with E-state index in [0.29, 0.717) is 22.7 Å². The van der Waals surface area contributed by atoms with Crippen LogP contribution in [-0.4, -0.2) is 26.7 Å². The Morgan fingerprint density at radius 3 is 2.45 bits per heavy atom. The molecule has 1 saturated carbocycles. The van der Waals surface area contributed by atoms with Crippen LogP contribution in [0.15, 0.2) is 60.0 Å². The van der Waals surface area contributed by atoms with Gasteiger partial charge in [0.25, 0.3) is 11.7 Å². The fourth-order valence-corrected chi connectivity index (χ4v) is 4.53. The number of anilines is 1. The van der Waals surface area contributed by atoms with Crippen LogP contribution in [0, 0.1) is 0 Å². The van der Waals surface area contributed by atoms with E-state index in [4.69, 9.17) is 9.47 Å². The molecule has 0 aromatic heterocycles. The van der Waals surface area contributed by atoms with Crippen molar-refractivity contribution >= 4 is 21.6 Å². The molecule has 7 nitrogen and oxygen atoms in total. The molecule has 1 amide bonds. The summed E-state index contributed by atoms with van der Waals surface area (Å²) in [6.07, 6.45) is 5.33. The second-order valence-electron chi connectivity index (χ2n) is 7.10. The van der Waals surface area contributed by atoms with Crippen LogP contribution in [0.3, 0.4) is 0 Å². The van der Waals surface area contributed by atoms with Crippen molar-refractivity contribution in [2.75, 3.05) is 11.9 Å². The summed E-state index contributed by atoms with van der Waals surface area (Å²) < 4.78 is 38.6. The number of hydrogen-bond acceptors (Lipinski definition) is 5.